The minimum Gasteiger partial charge on any atom is -0.483 e. The third-order valence-electron chi connectivity index (χ3n) is 7.36. The van der Waals surface area contributed by atoms with Crippen LogP contribution < -0.4 is 15.9 Å². The molecule has 2 aromatic heterocycles. The number of rotatable bonds is 3. The molecule has 33 heavy (non-hydrogen) atoms. The van der Waals surface area contributed by atoms with Crippen molar-refractivity contribution < 1.29 is 13.9 Å². The normalized spacial score (nSPS) is 21.1. The van der Waals surface area contributed by atoms with Crippen molar-refractivity contribution in [3.63, 3.8) is 0 Å². The molecule has 2 atom stereocenters. The average Bonchev–Trinajstić information content (AvgIpc) is 3.28. The second-order valence-corrected chi connectivity index (χ2v) is 9.62. The van der Waals surface area contributed by atoms with E-state index < -0.39 is 0 Å². The number of ether oxygens (including phenoxy) is 1. The highest BCUT2D eigenvalue weighted by molar-refractivity contribution is 5.89. The second kappa shape index (κ2) is 7.61. The molecule has 1 aromatic carbocycles. The number of likely N-dealkylation sites (tertiary alicyclic amines) is 1. The quantitative estimate of drug-likeness (QED) is 0.578. The molecule has 0 radical (unpaired) electrons. The van der Waals surface area contributed by atoms with Crippen molar-refractivity contribution in [3.05, 3.63) is 73.5 Å². The summed E-state index contributed by atoms with van der Waals surface area (Å²) in [5, 5.41) is 0.823. The molecule has 1 fully saturated rings. The molecule has 2 bridgehead atoms. The number of fused-ring (bicyclic) bond motifs is 7. The summed E-state index contributed by atoms with van der Waals surface area (Å²) in [7, 11) is 0. The van der Waals surface area contributed by atoms with E-state index in [2.05, 4.69) is 0 Å². The first-order valence-corrected chi connectivity index (χ1v) is 11.7. The first-order chi connectivity index (χ1) is 16.0. The Bertz CT molecular complexity index is 1400. The summed E-state index contributed by atoms with van der Waals surface area (Å²) in [4.78, 5) is 39.6. The van der Waals surface area contributed by atoms with Crippen LogP contribution >= 0.6 is 0 Å². The van der Waals surface area contributed by atoms with E-state index in [9.17, 15) is 14.4 Å². The van der Waals surface area contributed by atoms with E-state index >= 15 is 0 Å². The lowest BCUT2D eigenvalue weighted by Gasteiger charge is -2.42. The Morgan fingerprint density at radius 2 is 1.97 bits per heavy atom. The largest absolute Gasteiger partial charge is 0.483 e. The lowest BCUT2D eigenvalue weighted by Crippen LogP contribution is -2.50. The van der Waals surface area contributed by atoms with E-state index in [0.717, 1.165) is 53.5 Å². The first-order valence-electron chi connectivity index (χ1n) is 11.7. The van der Waals surface area contributed by atoms with Crippen LogP contribution in [-0.4, -0.2) is 35.1 Å². The van der Waals surface area contributed by atoms with E-state index in [4.69, 9.17) is 9.15 Å². The molecular formula is C26H26N2O5. The van der Waals surface area contributed by atoms with Crippen molar-refractivity contribution in [2.75, 3.05) is 19.7 Å². The van der Waals surface area contributed by atoms with Gasteiger partial charge in [-0.15, -0.1) is 0 Å². The monoisotopic (exact) mass is 446 g/mol. The number of aryl methyl sites for hydroxylation is 2. The van der Waals surface area contributed by atoms with Gasteiger partial charge in [-0.25, -0.2) is 4.79 Å². The van der Waals surface area contributed by atoms with Crippen LogP contribution in [0.4, 0.5) is 0 Å². The third-order valence-corrected chi connectivity index (χ3v) is 7.36. The Labute approximate surface area is 190 Å². The molecule has 0 spiro atoms. The molecular weight excluding hydrogens is 420 g/mol. The zero-order valence-electron chi connectivity index (χ0n) is 18.6. The van der Waals surface area contributed by atoms with Crippen molar-refractivity contribution in [1.29, 1.82) is 0 Å². The van der Waals surface area contributed by atoms with E-state index in [0.29, 0.717) is 31.0 Å². The zero-order valence-corrected chi connectivity index (χ0v) is 18.6. The van der Waals surface area contributed by atoms with Crippen LogP contribution in [0.2, 0.25) is 0 Å². The predicted octanol–water partition coefficient (Wildman–Crippen LogP) is 2.78. The fraction of sp³-hybridized carbons (Fsp3) is 0.423. The lowest BCUT2D eigenvalue weighted by molar-refractivity contribution is -0.136. The smallest absolute Gasteiger partial charge is 0.339 e. The SMILES string of the molecule is Cc1cc(OCC(=O)N2CC3CC(C2)c2cccc(=O)n2C3)c2c3c(c(=O)oc2c1)CCC3. The fourth-order valence-corrected chi connectivity index (χ4v) is 5.95. The maximum absolute atomic E-state index is 13.1. The molecule has 170 valence electrons. The van der Waals surface area contributed by atoms with Gasteiger partial charge in [-0.05, 0) is 67.9 Å². The molecule has 4 heterocycles. The number of aromatic nitrogens is 1. The molecule has 1 saturated heterocycles. The Kier molecular flexibility index (Phi) is 4.67. The van der Waals surface area contributed by atoms with Gasteiger partial charge in [0.1, 0.15) is 11.3 Å². The molecule has 2 aliphatic heterocycles. The molecule has 1 aliphatic carbocycles. The summed E-state index contributed by atoms with van der Waals surface area (Å²) in [5.41, 5.74) is 3.97. The second-order valence-electron chi connectivity index (χ2n) is 9.62. The summed E-state index contributed by atoms with van der Waals surface area (Å²) in [5.74, 6) is 1.000. The minimum absolute atomic E-state index is 0.0378. The number of benzene rings is 1. The Hall–Kier alpha value is -3.35. The standard InChI is InChI=1S/C26H26N2O5/c1-15-8-21(25-18-4-2-5-19(18)26(31)33-22(25)9-15)32-14-24(30)27-11-16-10-17(13-27)20-6-3-7-23(29)28(20)12-16/h3,6-9,16-17H,2,4-5,10-14H2,1H3. The molecule has 1 amide bonds. The topological polar surface area (TPSA) is 81.8 Å². The Morgan fingerprint density at radius 1 is 1.12 bits per heavy atom. The Morgan fingerprint density at radius 3 is 2.85 bits per heavy atom. The molecule has 7 nitrogen and oxygen atoms in total. The molecule has 6 rings (SSSR count). The van der Waals surface area contributed by atoms with Crippen molar-refractivity contribution in [2.24, 2.45) is 5.92 Å². The van der Waals surface area contributed by atoms with Crippen LogP contribution in [0.1, 0.15) is 41.1 Å². The number of carbonyl (C=O) groups is 1. The number of piperidine rings is 1. The molecule has 0 saturated carbocycles. The van der Waals surface area contributed by atoms with Crippen LogP contribution in [0.15, 0.2) is 44.3 Å². The van der Waals surface area contributed by atoms with Gasteiger partial charge in [0, 0.05) is 42.9 Å². The highest BCUT2D eigenvalue weighted by Crippen LogP contribution is 2.36. The molecule has 7 heteroatoms. The van der Waals surface area contributed by atoms with Gasteiger partial charge >= 0.3 is 5.63 Å². The maximum Gasteiger partial charge on any atom is 0.339 e. The number of pyridine rings is 1. The van der Waals surface area contributed by atoms with Gasteiger partial charge in [0.05, 0.1) is 5.39 Å². The lowest BCUT2D eigenvalue weighted by atomic mass is 9.83. The van der Waals surface area contributed by atoms with Gasteiger partial charge in [0.15, 0.2) is 6.61 Å². The summed E-state index contributed by atoms with van der Waals surface area (Å²) in [6, 6.07) is 9.18. The van der Waals surface area contributed by atoms with Gasteiger partial charge in [-0.2, -0.15) is 0 Å². The van der Waals surface area contributed by atoms with E-state index in [1.165, 1.54) is 0 Å². The van der Waals surface area contributed by atoms with Crippen LogP contribution in [0, 0.1) is 12.8 Å². The number of nitrogens with zero attached hydrogens (tertiary/aromatic N) is 2. The van der Waals surface area contributed by atoms with Gasteiger partial charge in [-0.1, -0.05) is 6.07 Å². The molecule has 3 aliphatic rings. The average molecular weight is 447 g/mol. The predicted molar refractivity (Wildman–Crippen MR) is 123 cm³/mol. The maximum atomic E-state index is 13.1. The van der Waals surface area contributed by atoms with Crippen LogP contribution in [0.5, 0.6) is 5.75 Å². The third kappa shape index (κ3) is 3.37. The Balaban J connectivity index is 1.25. The van der Waals surface area contributed by atoms with E-state index in [1.807, 2.05) is 34.6 Å². The summed E-state index contributed by atoms with van der Waals surface area (Å²) in [6.45, 7) is 3.75. The number of hydrogen-bond donors (Lipinski definition) is 0. The molecule has 3 aromatic rings. The van der Waals surface area contributed by atoms with Crippen LogP contribution in [0.3, 0.4) is 0 Å². The molecule has 2 unspecified atom stereocenters. The van der Waals surface area contributed by atoms with E-state index in [-0.39, 0.29) is 35.5 Å². The number of amides is 1. The van der Waals surface area contributed by atoms with Gasteiger partial charge in [0.2, 0.25) is 0 Å². The first kappa shape index (κ1) is 20.3. The van der Waals surface area contributed by atoms with Crippen molar-refractivity contribution in [1.82, 2.24) is 9.47 Å². The zero-order chi connectivity index (χ0) is 22.7. The highest BCUT2D eigenvalue weighted by atomic mass is 16.5. The van der Waals surface area contributed by atoms with E-state index in [1.54, 1.807) is 12.1 Å². The van der Waals surface area contributed by atoms with Crippen LogP contribution in [-0.2, 0) is 24.2 Å². The molecule has 0 N–H and O–H groups in total. The van der Waals surface area contributed by atoms with Crippen molar-refractivity contribution >= 4 is 16.9 Å². The van der Waals surface area contributed by atoms with Crippen molar-refractivity contribution in [2.45, 2.75) is 45.1 Å². The van der Waals surface area contributed by atoms with Gasteiger partial charge < -0.3 is 18.6 Å². The fourth-order valence-electron chi connectivity index (χ4n) is 5.95. The van der Waals surface area contributed by atoms with Crippen molar-refractivity contribution in [3.8, 4) is 5.75 Å². The van der Waals surface area contributed by atoms with Crippen LogP contribution in [0.25, 0.3) is 11.0 Å². The minimum atomic E-state index is -0.262. The highest BCUT2D eigenvalue weighted by Gasteiger charge is 2.36. The number of carbonyl (C=O) groups excluding carboxylic acids is 1. The summed E-state index contributed by atoms with van der Waals surface area (Å²) in [6.07, 6.45) is 3.47. The number of hydrogen-bond acceptors (Lipinski definition) is 5. The van der Waals surface area contributed by atoms with Gasteiger partial charge in [0.25, 0.3) is 11.5 Å². The summed E-state index contributed by atoms with van der Waals surface area (Å²) < 4.78 is 13.5. The van der Waals surface area contributed by atoms with Gasteiger partial charge in [-0.3, -0.25) is 9.59 Å². The summed E-state index contributed by atoms with van der Waals surface area (Å²) >= 11 is 0.